The normalized spacial score (nSPS) is 11.7. The summed E-state index contributed by atoms with van der Waals surface area (Å²) < 4.78 is 18.4. The molecule has 0 aliphatic carbocycles. The molecule has 0 bridgehead atoms. The Morgan fingerprint density at radius 1 is 1.13 bits per heavy atom. The van der Waals surface area contributed by atoms with Gasteiger partial charge in [0.05, 0.1) is 13.0 Å². The third-order valence-electron chi connectivity index (χ3n) is 4.76. The SMILES string of the molecule is CCOC(=O)Cc1ccccc1NC(=O)C(Cc1c[nH]c2cc(F)ccc12)NC(C)=O. The van der Waals surface area contributed by atoms with E-state index >= 15 is 0 Å². The summed E-state index contributed by atoms with van der Waals surface area (Å²) in [5.41, 5.74) is 2.45. The third-order valence-corrected chi connectivity index (χ3v) is 4.76. The van der Waals surface area contributed by atoms with Crippen molar-refractivity contribution in [1.29, 1.82) is 0 Å². The van der Waals surface area contributed by atoms with Crippen LogP contribution in [0, 0.1) is 5.82 Å². The Morgan fingerprint density at radius 3 is 2.65 bits per heavy atom. The maximum absolute atomic E-state index is 13.5. The fraction of sp³-hybridized carbons (Fsp3) is 0.261. The minimum atomic E-state index is -0.864. The maximum atomic E-state index is 13.5. The van der Waals surface area contributed by atoms with E-state index in [1.807, 2.05) is 0 Å². The van der Waals surface area contributed by atoms with Gasteiger partial charge in [-0.3, -0.25) is 14.4 Å². The van der Waals surface area contributed by atoms with Gasteiger partial charge in [0.25, 0.3) is 0 Å². The van der Waals surface area contributed by atoms with E-state index in [0.717, 1.165) is 10.9 Å². The lowest BCUT2D eigenvalue weighted by molar-refractivity contribution is -0.142. The summed E-state index contributed by atoms with van der Waals surface area (Å²) in [7, 11) is 0. The Balaban J connectivity index is 1.81. The molecule has 2 aromatic carbocycles. The van der Waals surface area contributed by atoms with Crippen molar-refractivity contribution >= 4 is 34.4 Å². The van der Waals surface area contributed by atoms with Gasteiger partial charge in [0.1, 0.15) is 11.9 Å². The van der Waals surface area contributed by atoms with Crippen molar-refractivity contribution in [3.8, 4) is 0 Å². The predicted molar refractivity (Wildman–Crippen MR) is 115 cm³/mol. The number of H-pyrrole nitrogens is 1. The van der Waals surface area contributed by atoms with Gasteiger partial charge in [-0.25, -0.2) is 4.39 Å². The van der Waals surface area contributed by atoms with Gasteiger partial charge in [0.2, 0.25) is 11.8 Å². The second-order valence-electron chi connectivity index (χ2n) is 7.09. The zero-order chi connectivity index (χ0) is 22.4. The summed E-state index contributed by atoms with van der Waals surface area (Å²) in [4.78, 5) is 39.6. The van der Waals surface area contributed by atoms with Crippen molar-refractivity contribution in [2.45, 2.75) is 32.7 Å². The van der Waals surface area contributed by atoms with Crippen LogP contribution in [-0.2, 0) is 32.0 Å². The number of rotatable bonds is 8. The minimum Gasteiger partial charge on any atom is -0.466 e. The standard InChI is InChI=1S/C23H24FN3O4/c1-3-31-22(29)11-15-6-4-5-7-19(15)27-23(30)21(26-14(2)28)10-16-13-25-20-12-17(24)8-9-18(16)20/h4-9,12-13,21,25H,3,10-11H2,1-2H3,(H,26,28)(H,27,30). The topological polar surface area (TPSA) is 100 Å². The van der Waals surface area contributed by atoms with Gasteiger partial charge in [-0.2, -0.15) is 0 Å². The predicted octanol–water partition coefficient (Wildman–Crippen LogP) is 3.10. The zero-order valence-corrected chi connectivity index (χ0v) is 17.3. The molecule has 0 saturated heterocycles. The van der Waals surface area contributed by atoms with Crippen LogP contribution in [-0.4, -0.2) is 35.4 Å². The number of benzene rings is 2. The molecule has 0 saturated carbocycles. The molecule has 1 atom stereocenters. The number of para-hydroxylation sites is 1. The molecule has 3 N–H and O–H groups in total. The highest BCUT2D eigenvalue weighted by Crippen LogP contribution is 2.22. The van der Waals surface area contributed by atoms with Crippen molar-refractivity contribution in [3.63, 3.8) is 0 Å². The van der Waals surface area contributed by atoms with Crippen LogP contribution < -0.4 is 10.6 Å². The molecular formula is C23H24FN3O4. The summed E-state index contributed by atoms with van der Waals surface area (Å²) in [5, 5.41) is 6.24. The number of anilines is 1. The van der Waals surface area contributed by atoms with Crippen LogP contribution in [0.1, 0.15) is 25.0 Å². The van der Waals surface area contributed by atoms with Gasteiger partial charge in [0.15, 0.2) is 0 Å². The number of esters is 1. The van der Waals surface area contributed by atoms with Crippen molar-refractivity contribution in [3.05, 3.63) is 65.6 Å². The Kier molecular flexibility index (Phi) is 7.02. The summed E-state index contributed by atoms with van der Waals surface area (Å²) in [5.74, 6) is -1.54. The number of carbonyl (C=O) groups excluding carboxylic acids is 3. The molecule has 0 aliphatic rings. The summed E-state index contributed by atoms with van der Waals surface area (Å²) in [6, 6.07) is 10.4. The highest BCUT2D eigenvalue weighted by atomic mass is 19.1. The lowest BCUT2D eigenvalue weighted by Gasteiger charge is -2.19. The average molecular weight is 425 g/mol. The summed E-state index contributed by atoms with van der Waals surface area (Å²) in [6.45, 7) is 3.33. The van der Waals surface area contributed by atoms with Crippen LogP contribution in [0.3, 0.4) is 0 Å². The molecule has 2 amide bonds. The molecule has 1 aromatic heterocycles. The van der Waals surface area contributed by atoms with Crippen LogP contribution >= 0.6 is 0 Å². The Labute approximate surface area is 179 Å². The van der Waals surface area contributed by atoms with E-state index in [-0.39, 0.29) is 31.2 Å². The molecule has 0 spiro atoms. The van der Waals surface area contributed by atoms with Crippen LogP contribution in [0.15, 0.2) is 48.7 Å². The van der Waals surface area contributed by atoms with E-state index in [9.17, 15) is 18.8 Å². The van der Waals surface area contributed by atoms with E-state index in [0.29, 0.717) is 16.8 Å². The first-order valence-electron chi connectivity index (χ1n) is 9.94. The molecule has 162 valence electrons. The van der Waals surface area contributed by atoms with E-state index in [2.05, 4.69) is 15.6 Å². The van der Waals surface area contributed by atoms with Gasteiger partial charge in [-0.15, -0.1) is 0 Å². The second-order valence-corrected chi connectivity index (χ2v) is 7.09. The Bertz CT molecular complexity index is 1110. The summed E-state index contributed by atoms with van der Waals surface area (Å²) >= 11 is 0. The fourth-order valence-electron chi connectivity index (χ4n) is 3.39. The average Bonchev–Trinajstić information content (AvgIpc) is 3.10. The largest absolute Gasteiger partial charge is 0.466 e. The van der Waals surface area contributed by atoms with Gasteiger partial charge in [0, 0.05) is 36.1 Å². The number of aromatic amines is 1. The van der Waals surface area contributed by atoms with Gasteiger partial charge in [-0.05, 0) is 42.3 Å². The number of nitrogens with one attached hydrogen (secondary N) is 3. The van der Waals surface area contributed by atoms with Crippen molar-refractivity contribution in [1.82, 2.24) is 10.3 Å². The van der Waals surface area contributed by atoms with Crippen molar-refractivity contribution in [2.75, 3.05) is 11.9 Å². The monoisotopic (exact) mass is 425 g/mol. The molecule has 1 heterocycles. The van der Waals surface area contributed by atoms with Crippen LogP contribution in [0.25, 0.3) is 10.9 Å². The van der Waals surface area contributed by atoms with Crippen LogP contribution in [0.4, 0.5) is 10.1 Å². The Morgan fingerprint density at radius 2 is 1.90 bits per heavy atom. The van der Waals surface area contributed by atoms with E-state index in [1.165, 1.54) is 19.1 Å². The molecule has 1 unspecified atom stereocenters. The first-order valence-corrected chi connectivity index (χ1v) is 9.94. The van der Waals surface area contributed by atoms with E-state index < -0.39 is 17.9 Å². The number of amides is 2. The lowest BCUT2D eigenvalue weighted by atomic mass is 10.0. The number of carbonyl (C=O) groups is 3. The molecule has 3 aromatic rings. The second kappa shape index (κ2) is 9.88. The molecule has 8 heteroatoms. The number of fused-ring (bicyclic) bond motifs is 1. The lowest BCUT2D eigenvalue weighted by Crippen LogP contribution is -2.44. The fourth-order valence-corrected chi connectivity index (χ4v) is 3.39. The quantitative estimate of drug-likeness (QED) is 0.483. The van der Waals surface area contributed by atoms with E-state index in [4.69, 9.17) is 4.74 Å². The molecule has 0 aliphatic heterocycles. The molecular weight excluding hydrogens is 401 g/mol. The first kappa shape index (κ1) is 22.0. The van der Waals surface area contributed by atoms with Crippen LogP contribution in [0.2, 0.25) is 0 Å². The maximum Gasteiger partial charge on any atom is 0.310 e. The first-order chi connectivity index (χ1) is 14.9. The number of ether oxygens (including phenoxy) is 1. The summed E-state index contributed by atoms with van der Waals surface area (Å²) in [6.07, 6.45) is 1.92. The smallest absolute Gasteiger partial charge is 0.310 e. The molecule has 0 fully saturated rings. The number of halogens is 1. The van der Waals surface area contributed by atoms with Gasteiger partial charge < -0.3 is 20.4 Å². The van der Waals surface area contributed by atoms with Crippen molar-refractivity contribution in [2.24, 2.45) is 0 Å². The van der Waals surface area contributed by atoms with Crippen molar-refractivity contribution < 1.29 is 23.5 Å². The number of hydrogen-bond donors (Lipinski definition) is 3. The van der Waals surface area contributed by atoms with Gasteiger partial charge in [-0.1, -0.05) is 18.2 Å². The number of aromatic nitrogens is 1. The Hall–Kier alpha value is -3.68. The number of hydrogen-bond acceptors (Lipinski definition) is 4. The zero-order valence-electron chi connectivity index (χ0n) is 17.3. The molecule has 7 nitrogen and oxygen atoms in total. The highest BCUT2D eigenvalue weighted by molar-refractivity contribution is 5.98. The van der Waals surface area contributed by atoms with Crippen LogP contribution in [0.5, 0.6) is 0 Å². The van der Waals surface area contributed by atoms with E-state index in [1.54, 1.807) is 43.5 Å². The molecule has 31 heavy (non-hydrogen) atoms. The third kappa shape index (κ3) is 5.69. The van der Waals surface area contributed by atoms with Gasteiger partial charge >= 0.3 is 5.97 Å². The molecule has 0 radical (unpaired) electrons. The minimum absolute atomic E-state index is 0.0170. The molecule has 3 rings (SSSR count). The highest BCUT2D eigenvalue weighted by Gasteiger charge is 2.23.